The fourth-order valence-corrected chi connectivity index (χ4v) is 3.19. The predicted molar refractivity (Wildman–Crippen MR) is 109 cm³/mol. The van der Waals surface area contributed by atoms with Gasteiger partial charge < -0.3 is 19.5 Å². The summed E-state index contributed by atoms with van der Waals surface area (Å²) in [5, 5.41) is 2.65. The van der Waals surface area contributed by atoms with Crippen LogP contribution in [0.15, 0.2) is 48.5 Å². The zero-order valence-electron chi connectivity index (χ0n) is 16.7. The smallest absolute Gasteiger partial charge is 0.406 e. The highest BCUT2D eigenvalue weighted by Crippen LogP contribution is 2.21. The van der Waals surface area contributed by atoms with E-state index in [0.29, 0.717) is 23.4 Å². The molecule has 1 amide bonds. The van der Waals surface area contributed by atoms with Gasteiger partial charge in [-0.15, -0.1) is 0 Å². The number of rotatable bonds is 8. The lowest BCUT2D eigenvalue weighted by molar-refractivity contribution is -0.105. The Morgan fingerprint density at radius 3 is 2.34 bits per heavy atom. The van der Waals surface area contributed by atoms with E-state index >= 15 is 0 Å². The second-order valence-electron chi connectivity index (χ2n) is 6.99. The number of ketones is 1. The van der Waals surface area contributed by atoms with Crippen molar-refractivity contribution in [2.45, 2.75) is 38.4 Å². The number of hydrogen-bond donors (Lipinski definition) is 1. The van der Waals surface area contributed by atoms with Crippen LogP contribution in [0.3, 0.4) is 0 Å². The minimum absolute atomic E-state index is 0.0237. The highest BCUT2D eigenvalue weighted by atomic mass is 16.7. The van der Waals surface area contributed by atoms with E-state index in [1.165, 1.54) is 7.11 Å². The van der Waals surface area contributed by atoms with Gasteiger partial charge in [0.15, 0.2) is 12.1 Å². The zero-order chi connectivity index (χ0) is 20.5. The minimum atomic E-state index is -0.423. The van der Waals surface area contributed by atoms with Crippen molar-refractivity contribution in [2.75, 3.05) is 20.3 Å². The van der Waals surface area contributed by atoms with Crippen molar-refractivity contribution >= 4 is 11.9 Å². The third-order valence-electron chi connectivity index (χ3n) is 4.84. The van der Waals surface area contributed by atoms with E-state index in [9.17, 15) is 9.59 Å². The molecule has 1 aliphatic heterocycles. The van der Waals surface area contributed by atoms with E-state index in [0.717, 1.165) is 44.3 Å². The molecule has 1 atom stereocenters. The van der Waals surface area contributed by atoms with E-state index in [2.05, 4.69) is 10.1 Å². The van der Waals surface area contributed by atoms with Crippen LogP contribution in [-0.2, 0) is 15.9 Å². The van der Waals surface area contributed by atoms with Gasteiger partial charge in [0.05, 0.1) is 13.7 Å². The quantitative estimate of drug-likeness (QED) is 0.536. The Balaban J connectivity index is 1.51. The summed E-state index contributed by atoms with van der Waals surface area (Å²) in [7, 11) is 1.34. The van der Waals surface area contributed by atoms with Gasteiger partial charge in [0.1, 0.15) is 5.75 Å². The van der Waals surface area contributed by atoms with Gasteiger partial charge >= 0.3 is 6.09 Å². The summed E-state index contributed by atoms with van der Waals surface area (Å²) in [5.41, 5.74) is 2.38. The first-order valence-electron chi connectivity index (χ1n) is 9.99. The first-order chi connectivity index (χ1) is 14.2. The van der Waals surface area contributed by atoms with Crippen LogP contribution in [0.4, 0.5) is 4.79 Å². The van der Waals surface area contributed by atoms with Crippen molar-refractivity contribution < 1.29 is 23.8 Å². The number of benzene rings is 2. The van der Waals surface area contributed by atoms with Gasteiger partial charge in [0.25, 0.3) is 0 Å². The minimum Gasteiger partial charge on any atom is -0.465 e. The van der Waals surface area contributed by atoms with Crippen molar-refractivity contribution in [3.8, 4) is 5.75 Å². The molecule has 2 aromatic rings. The molecule has 1 saturated heterocycles. The van der Waals surface area contributed by atoms with Crippen LogP contribution in [-0.4, -0.2) is 38.4 Å². The molecule has 6 heteroatoms. The third kappa shape index (κ3) is 6.32. The second kappa shape index (κ2) is 10.6. The Kier molecular flexibility index (Phi) is 7.64. The first-order valence-corrected chi connectivity index (χ1v) is 9.99. The lowest BCUT2D eigenvalue weighted by Gasteiger charge is -2.23. The van der Waals surface area contributed by atoms with Crippen LogP contribution >= 0.6 is 0 Å². The number of carbonyl (C=O) groups is 2. The standard InChI is InChI=1S/C23H27NO5/c1-27-23(26)24-15-4-5-17-7-9-18(10-8-17)22(25)19-11-13-20(14-12-19)29-21-6-2-3-16-28-21/h7-14,21H,2-6,15-16H2,1H3,(H,24,26). The van der Waals surface area contributed by atoms with Gasteiger partial charge in [0.2, 0.25) is 0 Å². The summed E-state index contributed by atoms with van der Waals surface area (Å²) >= 11 is 0. The topological polar surface area (TPSA) is 73.9 Å². The number of hydrogen-bond acceptors (Lipinski definition) is 5. The molecule has 29 heavy (non-hydrogen) atoms. The van der Waals surface area contributed by atoms with Gasteiger partial charge in [-0.25, -0.2) is 4.79 Å². The lowest BCUT2D eigenvalue weighted by atomic mass is 10.0. The van der Waals surface area contributed by atoms with Crippen molar-refractivity contribution in [1.29, 1.82) is 0 Å². The molecule has 154 valence electrons. The molecule has 6 nitrogen and oxygen atoms in total. The molecular weight excluding hydrogens is 370 g/mol. The monoisotopic (exact) mass is 397 g/mol. The first kappa shape index (κ1) is 20.9. The Morgan fingerprint density at radius 1 is 1.03 bits per heavy atom. The highest BCUT2D eigenvalue weighted by molar-refractivity contribution is 6.09. The van der Waals surface area contributed by atoms with Gasteiger partial charge in [-0.3, -0.25) is 4.79 Å². The number of nitrogens with one attached hydrogen (secondary N) is 1. The molecule has 0 radical (unpaired) electrons. The van der Waals surface area contributed by atoms with E-state index in [1.807, 2.05) is 36.4 Å². The summed E-state index contributed by atoms with van der Waals surface area (Å²) in [6.07, 6.45) is 4.08. The van der Waals surface area contributed by atoms with E-state index in [1.54, 1.807) is 12.1 Å². The number of carbonyl (C=O) groups excluding carboxylic acids is 2. The zero-order valence-corrected chi connectivity index (χ0v) is 16.7. The second-order valence-corrected chi connectivity index (χ2v) is 6.99. The predicted octanol–water partition coefficient (Wildman–Crippen LogP) is 4.11. The lowest BCUT2D eigenvalue weighted by Crippen LogP contribution is -2.24. The van der Waals surface area contributed by atoms with Gasteiger partial charge in [0, 0.05) is 24.1 Å². The molecule has 0 bridgehead atoms. The number of amides is 1. The maximum atomic E-state index is 12.7. The molecule has 1 N–H and O–H groups in total. The Morgan fingerprint density at radius 2 is 1.72 bits per heavy atom. The van der Waals surface area contributed by atoms with Crippen molar-refractivity contribution in [3.05, 3.63) is 65.2 Å². The number of ether oxygens (including phenoxy) is 3. The molecule has 0 aliphatic carbocycles. The SMILES string of the molecule is COC(=O)NCCCc1ccc(C(=O)c2ccc(OC3CCCCO3)cc2)cc1. The van der Waals surface area contributed by atoms with Crippen LogP contribution in [0.1, 0.15) is 47.2 Å². The van der Waals surface area contributed by atoms with Crippen LogP contribution in [0.25, 0.3) is 0 Å². The molecule has 1 unspecified atom stereocenters. The summed E-state index contributed by atoms with van der Waals surface area (Å²) in [4.78, 5) is 23.7. The molecule has 0 spiro atoms. The largest absolute Gasteiger partial charge is 0.465 e. The van der Waals surface area contributed by atoms with Gasteiger partial charge in [-0.05, 0) is 55.5 Å². The van der Waals surface area contributed by atoms with Crippen molar-refractivity contribution in [3.63, 3.8) is 0 Å². The van der Waals surface area contributed by atoms with Crippen molar-refractivity contribution in [2.24, 2.45) is 0 Å². The Labute approximate surface area is 171 Å². The molecule has 3 rings (SSSR count). The fraction of sp³-hybridized carbons (Fsp3) is 0.391. The van der Waals surface area contributed by atoms with Crippen LogP contribution in [0.2, 0.25) is 0 Å². The third-order valence-corrected chi connectivity index (χ3v) is 4.84. The van der Waals surface area contributed by atoms with E-state index in [4.69, 9.17) is 9.47 Å². The molecule has 1 fully saturated rings. The maximum Gasteiger partial charge on any atom is 0.406 e. The number of methoxy groups -OCH3 is 1. The summed E-state index contributed by atoms with van der Waals surface area (Å²) < 4.78 is 15.9. The maximum absolute atomic E-state index is 12.7. The van der Waals surface area contributed by atoms with Crippen LogP contribution in [0, 0.1) is 0 Å². The van der Waals surface area contributed by atoms with E-state index in [-0.39, 0.29) is 12.1 Å². The average molecular weight is 397 g/mol. The molecule has 2 aromatic carbocycles. The molecule has 0 saturated carbocycles. The Hall–Kier alpha value is -2.86. The highest BCUT2D eigenvalue weighted by Gasteiger charge is 2.15. The van der Waals surface area contributed by atoms with Crippen LogP contribution in [0.5, 0.6) is 5.75 Å². The van der Waals surface area contributed by atoms with Gasteiger partial charge in [-0.2, -0.15) is 0 Å². The Bertz CT molecular complexity index is 795. The summed E-state index contributed by atoms with van der Waals surface area (Å²) in [5.74, 6) is 0.689. The average Bonchev–Trinajstić information content (AvgIpc) is 2.77. The molecule has 1 aliphatic rings. The molecular formula is C23H27NO5. The molecule has 1 heterocycles. The van der Waals surface area contributed by atoms with Gasteiger partial charge in [-0.1, -0.05) is 24.3 Å². The van der Waals surface area contributed by atoms with Crippen LogP contribution < -0.4 is 10.1 Å². The number of aryl methyl sites for hydroxylation is 1. The summed E-state index contributed by atoms with van der Waals surface area (Å²) in [6.45, 7) is 1.28. The fourth-order valence-electron chi connectivity index (χ4n) is 3.19. The molecule has 0 aromatic heterocycles. The van der Waals surface area contributed by atoms with E-state index < -0.39 is 6.09 Å². The normalized spacial score (nSPS) is 16.1. The number of alkyl carbamates (subject to hydrolysis) is 1. The summed E-state index contributed by atoms with van der Waals surface area (Å²) in [6, 6.07) is 14.8. The van der Waals surface area contributed by atoms with Crippen molar-refractivity contribution in [1.82, 2.24) is 5.32 Å².